The minimum absolute atomic E-state index is 0.0192. The SMILES string of the molecule is C[C@@H]1CN(C(=O)C=Cc2ccc(Cl)cc2)[C@@H](C)CN1Cc1ccc(F)cc1. The van der Waals surface area contributed by atoms with Crippen LogP contribution in [0.1, 0.15) is 25.0 Å². The van der Waals surface area contributed by atoms with E-state index in [4.69, 9.17) is 11.6 Å². The van der Waals surface area contributed by atoms with E-state index in [0.717, 1.165) is 24.2 Å². The van der Waals surface area contributed by atoms with Gasteiger partial charge in [-0.25, -0.2) is 4.39 Å². The molecule has 2 aromatic rings. The normalized spacial score (nSPS) is 21.0. The second-order valence-electron chi connectivity index (χ2n) is 7.13. The van der Waals surface area contributed by atoms with Crippen molar-refractivity contribution in [3.63, 3.8) is 0 Å². The summed E-state index contributed by atoms with van der Waals surface area (Å²) in [6.45, 7) is 6.41. The van der Waals surface area contributed by atoms with Crippen molar-refractivity contribution in [1.82, 2.24) is 9.80 Å². The highest BCUT2D eigenvalue weighted by molar-refractivity contribution is 6.30. The first-order valence-corrected chi connectivity index (χ1v) is 9.53. The van der Waals surface area contributed by atoms with Crippen molar-refractivity contribution in [3.8, 4) is 0 Å². The smallest absolute Gasteiger partial charge is 0.246 e. The summed E-state index contributed by atoms with van der Waals surface area (Å²) >= 11 is 5.89. The summed E-state index contributed by atoms with van der Waals surface area (Å²) in [5, 5.41) is 0.679. The summed E-state index contributed by atoms with van der Waals surface area (Å²) in [7, 11) is 0. The van der Waals surface area contributed by atoms with Crippen LogP contribution in [0.15, 0.2) is 54.6 Å². The first kappa shape index (κ1) is 19.6. The summed E-state index contributed by atoms with van der Waals surface area (Å²) in [5.41, 5.74) is 2.03. The molecule has 27 heavy (non-hydrogen) atoms. The Bertz CT molecular complexity index is 804. The van der Waals surface area contributed by atoms with Crippen LogP contribution >= 0.6 is 11.6 Å². The number of carbonyl (C=O) groups excluding carboxylic acids is 1. The van der Waals surface area contributed by atoms with Gasteiger partial charge in [-0.2, -0.15) is 0 Å². The van der Waals surface area contributed by atoms with Gasteiger partial charge in [-0.05, 0) is 55.3 Å². The maximum atomic E-state index is 13.1. The van der Waals surface area contributed by atoms with E-state index in [-0.39, 0.29) is 23.8 Å². The van der Waals surface area contributed by atoms with E-state index in [1.54, 1.807) is 6.08 Å². The van der Waals surface area contributed by atoms with Crippen molar-refractivity contribution in [2.45, 2.75) is 32.5 Å². The van der Waals surface area contributed by atoms with E-state index < -0.39 is 0 Å². The maximum absolute atomic E-state index is 13.1. The summed E-state index contributed by atoms with van der Waals surface area (Å²) < 4.78 is 13.1. The lowest BCUT2D eigenvalue weighted by Gasteiger charge is -2.44. The van der Waals surface area contributed by atoms with E-state index in [0.29, 0.717) is 11.6 Å². The zero-order chi connectivity index (χ0) is 19.4. The molecule has 0 bridgehead atoms. The van der Waals surface area contributed by atoms with Crippen LogP contribution in [0.25, 0.3) is 6.08 Å². The third-order valence-corrected chi connectivity index (χ3v) is 5.24. The average molecular weight is 387 g/mol. The maximum Gasteiger partial charge on any atom is 0.246 e. The summed E-state index contributed by atoms with van der Waals surface area (Å²) in [5.74, 6) is -0.200. The molecule has 1 aliphatic rings. The van der Waals surface area contributed by atoms with Crippen molar-refractivity contribution in [2.24, 2.45) is 0 Å². The summed E-state index contributed by atoms with van der Waals surface area (Å²) in [6.07, 6.45) is 3.45. The van der Waals surface area contributed by atoms with Crippen LogP contribution in [-0.4, -0.2) is 40.9 Å². The number of carbonyl (C=O) groups is 1. The predicted octanol–water partition coefficient (Wildman–Crippen LogP) is 4.61. The van der Waals surface area contributed by atoms with Crippen molar-refractivity contribution in [3.05, 3.63) is 76.6 Å². The molecule has 1 heterocycles. The second-order valence-corrected chi connectivity index (χ2v) is 7.57. The molecule has 1 fully saturated rings. The summed E-state index contributed by atoms with van der Waals surface area (Å²) in [6, 6.07) is 14.4. The molecule has 0 spiro atoms. The first-order chi connectivity index (χ1) is 12.9. The van der Waals surface area contributed by atoms with Gasteiger partial charge in [0.2, 0.25) is 5.91 Å². The number of rotatable bonds is 4. The molecule has 0 radical (unpaired) electrons. The Balaban J connectivity index is 1.61. The molecule has 3 rings (SSSR count). The monoisotopic (exact) mass is 386 g/mol. The zero-order valence-corrected chi connectivity index (χ0v) is 16.4. The molecule has 0 N–H and O–H groups in total. The molecule has 0 saturated carbocycles. The van der Waals surface area contributed by atoms with Crippen molar-refractivity contribution < 1.29 is 9.18 Å². The molecule has 3 nitrogen and oxygen atoms in total. The fourth-order valence-corrected chi connectivity index (χ4v) is 3.51. The van der Waals surface area contributed by atoms with Gasteiger partial charge in [-0.1, -0.05) is 35.9 Å². The molecule has 5 heteroatoms. The molecule has 0 aliphatic carbocycles. The standard InChI is InChI=1S/C22H24ClFN2O/c1-16-14-26(22(27)12-7-18-3-8-20(23)9-4-18)17(2)13-25(16)15-19-5-10-21(24)11-6-19/h3-12,16-17H,13-15H2,1-2H3/t16-,17+/m1/s1. The minimum atomic E-state index is -0.219. The fraction of sp³-hybridized carbons (Fsp3) is 0.318. The third kappa shape index (κ3) is 5.18. The highest BCUT2D eigenvalue weighted by Gasteiger charge is 2.30. The Morgan fingerprint density at radius 2 is 1.74 bits per heavy atom. The van der Waals surface area contributed by atoms with E-state index in [2.05, 4.69) is 18.7 Å². The van der Waals surface area contributed by atoms with E-state index >= 15 is 0 Å². The molecule has 1 saturated heterocycles. The topological polar surface area (TPSA) is 23.6 Å². The molecule has 1 aliphatic heterocycles. The molecular formula is C22H24ClFN2O. The van der Waals surface area contributed by atoms with Gasteiger partial charge >= 0.3 is 0 Å². The van der Waals surface area contributed by atoms with E-state index in [1.165, 1.54) is 12.1 Å². The van der Waals surface area contributed by atoms with Gasteiger partial charge < -0.3 is 4.90 Å². The van der Waals surface area contributed by atoms with Crippen LogP contribution in [0.5, 0.6) is 0 Å². The first-order valence-electron chi connectivity index (χ1n) is 9.15. The molecule has 2 aromatic carbocycles. The Labute approximate surface area is 165 Å². The lowest BCUT2D eigenvalue weighted by Crippen LogP contribution is -2.57. The molecule has 2 atom stereocenters. The third-order valence-electron chi connectivity index (χ3n) is 4.99. The average Bonchev–Trinajstić information content (AvgIpc) is 2.65. The molecule has 0 aromatic heterocycles. The minimum Gasteiger partial charge on any atom is -0.334 e. The quantitative estimate of drug-likeness (QED) is 0.716. The molecular weight excluding hydrogens is 363 g/mol. The van der Waals surface area contributed by atoms with Gasteiger partial charge in [0.1, 0.15) is 5.82 Å². The van der Waals surface area contributed by atoms with E-state index in [1.807, 2.05) is 47.4 Å². The Morgan fingerprint density at radius 3 is 2.41 bits per heavy atom. The predicted molar refractivity (Wildman–Crippen MR) is 108 cm³/mol. The van der Waals surface area contributed by atoms with Crippen LogP contribution in [0.3, 0.4) is 0 Å². The zero-order valence-electron chi connectivity index (χ0n) is 15.6. The van der Waals surface area contributed by atoms with Crippen LogP contribution < -0.4 is 0 Å². The highest BCUT2D eigenvalue weighted by Crippen LogP contribution is 2.19. The van der Waals surface area contributed by atoms with Crippen molar-refractivity contribution >= 4 is 23.6 Å². The number of nitrogens with zero attached hydrogens (tertiary/aromatic N) is 2. The van der Waals surface area contributed by atoms with Crippen LogP contribution in [-0.2, 0) is 11.3 Å². The fourth-order valence-electron chi connectivity index (χ4n) is 3.39. The van der Waals surface area contributed by atoms with Gasteiger partial charge in [-0.15, -0.1) is 0 Å². The number of benzene rings is 2. The van der Waals surface area contributed by atoms with Crippen molar-refractivity contribution in [1.29, 1.82) is 0 Å². The summed E-state index contributed by atoms with van der Waals surface area (Å²) in [4.78, 5) is 16.9. The van der Waals surface area contributed by atoms with Gasteiger partial charge in [0.05, 0.1) is 0 Å². The Morgan fingerprint density at radius 1 is 1.07 bits per heavy atom. The Kier molecular flexibility index (Phi) is 6.30. The molecule has 0 unspecified atom stereocenters. The van der Waals surface area contributed by atoms with Crippen LogP contribution in [0, 0.1) is 5.82 Å². The lowest BCUT2D eigenvalue weighted by atomic mass is 10.1. The highest BCUT2D eigenvalue weighted by atomic mass is 35.5. The largest absolute Gasteiger partial charge is 0.334 e. The van der Waals surface area contributed by atoms with Crippen molar-refractivity contribution in [2.75, 3.05) is 13.1 Å². The van der Waals surface area contributed by atoms with Gasteiger partial charge in [0.15, 0.2) is 0 Å². The Hall–Kier alpha value is -2.17. The van der Waals surface area contributed by atoms with Crippen LogP contribution in [0.4, 0.5) is 4.39 Å². The number of halogens is 2. The second kappa shape index (κ2) is 8.68. The molecule has 1 amide bonds. The van der Waals surface area contributed by atoms with E-state index in [9.17, 15) is 9.18 Å². The lowest BCUT2D eigenvalue weighted by molar-refractivity contribution is -0.131. The number of hydrogen-bond donors (Lipinski definition) is 0. The molecule has 142 valence electrons. The number of hydrogen-bond acceptors (Lipinski definition) is 2. The van der Waals surface area contributed by atoms with Gasteiger partial charge in [0.25, 0.3) is 0 Å². The number of amides is 1. The van der Waals surface area contributed by atoms with Gasteiger partial charge in [0, 0.05) is 42.8 Å². The number of piperazine rings is 1. The van der Waals surface area contributed by atoms with Gasteiger partial charge in [-0.3, -0.25) is 9.69 Å². The van der Waals surface area contributed by atoms with Crippen LogP contribution in [0.2, 0.25) is 5.02 Å².